The lowest BCUT2D eigenvalue weighted by molar-refractivity contribution is -0.172. The smallest absolute Gasteiger partial charge is 0.408 e. The van der Waals surface area contributed by atoms with Crippen molar-refractivity contribution in [3.05, 3.63) is 104 Å². The highest BCUT2D eigenvalue weighted by Crippen LogP contribution is 2.46. The third kappa shape index (κ3) is 29.2. The SMILES string of the molecule is CC[C@@]1(O)C(=O)OCc2c1cc1n(c2=O)Cc2c-1nc1cc(F)c(C)c3c1c2[C@@H](NC(=O)O[C@H](CNC(=O)CC[C@H](NC(=O)COCCOCCNC(=O)CCN1C(=O)C=CC1=O)C(=O)N(C)CC(=O)N(C)CC(=O)N(C)CC(=O)N(C)CC(=O)N(C)CC(=O)N(C)CC(=O)N(C)CC(=O)N(C)CC(=O)N(C)CC(=O)N(C)CC(=O)O)c1ccc(NC(=O)[C@H](C)NC(=O)[C@@H](NC(C)=O)C(C)C)cc1)CC3. The number of alkyl carbamates (subject to hydrolysis) is 1. The highest BCUT2D eigenvalue weighted by atomic mass is 19.1. The number of aryl methyl sites for hydroxylation is 1. The molecule has 49 heteroatoms. The van der Waals surface area contributed by atoms with Crippen molar-refractivity contribution < 1.29 is 134 Å². The number of aromatic nitrogens is 2. The van der Waals surface area contributed by atoms with E-state index in [1.54, 1.807) is 27.7 Å². The third-order valence-corrected chi connectivity index (χ3v) is 23.9. The molecule has 0 saturated heterocycles. The summed E-state index contributed by atoms with van der Waals surface area (Å²) in [4.78, 5) is 305. The fourth-order valence-corrected chi connectivity index (χ4v) is 15.3. The number of nitrogens with zero attached hydrogens (tertiary/aromatic N) is 13. The minimum Gasteiger partial charge on any atom is -0.480 e. The zero-order valence-electron chi connectivity index (χ0n) is 81.0. The van der Waals surface area contributed by atoms with Crippen molar-refractivity contribution in [3.8, 4) is 11.4 Å². The molecule has 0 spiro atoms. The second kappa shape index (κ2) is 49.5. The van der Waals surface area contributed by atoms with E-state index in [0.29, 0.717) is 27.6 Å². The number of anilines is 1. The molecule has 4 aliphatic rings. The zero-order chi connectivity index (χ0) is 104. The molecule has 0 radical (unpaired) electrons. The number of carboxylic acid groups (broad SMARTS) is 1. The van der Waals surface area contributed by atoms with E-state index < -0.39 is 270 Å². The van der Waals surface area contributed by atoms with Crippen LogP contribution in [0.4, 0.5) is 14.9 Å². The number of carboxylic acids is 1. The van der Waals surface area contributed by atoms with Crippen molar-refractivity contribution in [2.45, 2.75) is 129 Å². The number of hydrogen-bond donors (Lipinski definition) is 9. The summed E-state index contributed by atoms with van der Waals surface area (Å²) in [6.45, 7) is 1.13. The van der Waals surface area contributed by atoms with Gasteiger partial charge in [0.15, 0.2) is 5.60 Å². The molecular formula is C91H121FN20O28. The quantitative estimate of drug-likeness (QED) is 0.0102. The largest absolute Gasteiger partial charge is 0.480 e. The number of pyridine rings is 2. The van der Waals surface area contributed by atoms with E-state index in [2.05, 4.69) is 37.2 Å². The van der Waals surface area contributed by atoms with Crippen LogP contribution in [0.1, 0.15) is 118 Å². The Morgan fingerprint density at radius 1 is 0.593 bits per heavy atom. The molecule has 140 heavy (non-hydrogen) atoms. The molecule has 2 aromatic heterocycles. The number of likely N-dealkylation sites (N-methyl/N-ethyl adjacent to an activating group) is 10. The van der Waals surface area contributed by atoms with Gasteiger partial charge in [0, 0.05) is 144 Å². The summed E-state index contributed by atoms with van der Waals surface area (Å²) in [5.41, 5.74) is 0.0868. The number of esters is 1. The van der Waals surface area contributed by atoms with Gasteiger partial charge in [0.05, 0.1) is 120 Å². The Kier molecular flexibility index (Phi) is 39.1. The van der Waals surface area contributed by atoms with E-state index in [4.69, 9.17) is 29.0 Å². The molecule has 0 unspecified atom stereocenters. The predicted molar refractivity (Wildman–Crippen MR) is 491 cm³/mol. The van der Waals surface area contributed by atoms with Gasteiger partial charge in [0.25, 0.3) is 17.4 Å². The standard InChI is InChI=1S/C91H121FN20O28/c1-17-91(136)59-34-64-84-57(37-112(64)87(132)58(59)48-139-89(91)134)82-61(23-22-56-51(4)60(92)35-63(99-84)81(56)82)100-90(135)140-65(54-18-20-55(21-19-54)97-85(130)52(5)95-86(131)83(50(2)3)96-53(6)113)36-94-66(114)25-24-62(98-68(116)49-138-33-32-137-31-29-93-67(115)28-30-111-69(117)26-27-70(111)118)88(133)110(16)46-79(127)108(14)44-77(125)106(12)42-75(123)104(10)40-73(121)102(8)38-71(119)101(7)39-72(120)103(9)41-74(122)105(11)43-76(124)107(13)45-78(126)109(15)47-80(128)129/h18-21,26-27,34-35,50,52,61-62,65,83,136H,17,22-25,28-33,36-49H2,1-16H3,(H,93,115)(H,94,114)(H,95,131)(H,96,113)(H,97,130)(H,98,116)(H,100,135)(H,128,129)/t52-,61-,62-,65+,83-,91-/m0/s1. The molecular weight excluding hydrogens is 1840 g/mol. The van der Waals surface area contributed by atoms with Crippen LogP contribution in [-0.4, -0.2) is 398 Å². The molecule has 1 aliphatic carbocycles. The van der Waals surface area contributed by atoms with E-state index >= 15 is 4.39 Å². The number of rotatable bonds is 48. The van der Waals surface area contributed by atoms with Crippen molar-refractivity contribution >= 4 is 141 Å². The first-order chi connectivity index (χ1) is 65.8. The maximum Gasteiger partial charge on any atom is 0.408 e. The number of carbonyl (C=O) groups is 21. The van der Waals surface area contributed by atoms with E-state index in [1.807, 2.05) is 0 Å². The molecule has 19 amide bonds. The van der Waals surface area contributed by atoms with Crippen LogP contribution < -0.4 is 42.8 Å². The van der Waals surface area contributed by atoms with Gasteiger partial charge in [-0.1, -0.05) is 32.9 Å². The first-order valence-electron chi connectivity index (χ1n) is 44.8. The number of imide groups is 1. The van der Waals surface area contributed by atoms with Gasteiger partial charge in [0.2, 0.25) is 94.5 Å². The normalized spacial score (nSPS) is 15.0. The molecule has 8 rings (SSSR count). The number of carbonyl (C=O) groups excluding carboxylic acids is 20. The lowest BCUT2D eigenvalue weighted by atomic mass is 9.81. The molecule has 48 nitrogen and oxygen atoms in total. The van der Waals surface area contributed by atoms with Gasteiger partial charge in [-0.25, -0.2) is 19.0 Å². The van der Waals surface area contributed by atoms with Crippen LogP contribution in [0.25, 0.3) is 22.3 Å². The summed E-state index contributed by atoms with van der Waals surface area (Å²) in [5, 5.41) is 39.8. The van der Waals surface area contributed by atoms with Gasteiger partial charge >= 0.3 is 18.0 Å². The van der Waals surface area contributed by atoms with Crippen molar-refractivity contribution in [3.63, 3.8) is 0 Å². The Morgan fingerprint density at radius 2 is 1.09 bits per heavy atom. The lowest BCUT2D eigenvalue weighted by Gasteiger charge is -2.31. The highest BCUT2D eigenvalue weighted by Gasteiger charge is 2.47. The predicted octanol–water partition coefficient (Wildman–Crippen LogP) is -3.90. The van der Waals surface area contributed by atoms with Crippen molar-refractivity contribution in [2.75, 3.05) is 187 Å². The molecule has 0 fully saturated rings. The maximum atomic E-state index is 16.0. The summed E-state index contributed by atoms with van der Waals surface area (Å²) < 4.78 is 39.9. The van der Waals surface area contributed by atoms with Crippen LogP contribution >= 0.6 is 0 Å². The molecule has 2 aromatic carbocycles. The zero-order valence-corrected chi connectivity index (χ0v) is 81.0. The fourth-order valence-electron chi connectivity index (χ4n) is 15.3. The number of ether oxygens (including phenoxy) is 4. The van der Waals surface area contributed by atoms with Crippen LogP contribution in [0.5, 0.6) is 0 Å². The van der Waals surface area contributed by atoms with Crippen molar-refractivity contribution in [1.82, 2.24) is 95.4 Å². The summed E-state index contributed by atoms with van der Waals surface area (Å²) in [7, 11) is 12.5. The number of aliphatic carboxylic acids is 1. The van der Waals surface area contributed by atoms with Gasteiger partial charge in [-0.2, -0.15) is 0 Å². The Balaban J connectivity index is 0.918. The molecule has 760 valence electrons. The molecule has 0 bridgehead atoms. The van der Waals surface area contributed by atoms with Gasteiger partial charge in [0.1, 0.15) is 49.8 Å². The van der Waals surface area contributed by atoms with Crippen LogP contribution in [0, 0.1) is 18.7 Å². The second-order valence-electron chi connectivity index (χ2n) is 34.9. The molecule has 5 heterocycles. The number of cyclic esters (lactones) is 1. The van der Waals surface area contributed by atoms with Gasteiger partial charge in [-0.05, 0) is 85.9 Å². The maximum absolute atomic E-state index is 16.0. The van der Waals surface area contributed by atoms with E-state index in [1.165, 1.54) is 125 Å². The highest BCUT2D eigenvalue weighted by molar-refractivity contribution is 6.13. The average Bonchev–Trinajstić information content (AvgIpc) is 1.54. The Labute approximate surface area is 804 Å². The number of hydrogen-bond acceptors (Lipinski definition) is 28. The van der Waals surface area contributed by atoms with E-state index in [-0.39, 0.29) is 110 Å². The van der Waals surface area contributed by atoms with Gasteiger partial charge < -0.3 is 120 Å². The minimum atomic E-state index is -2.19. The van der Waals surface area contributed by atoms with E-state index in [9.17, 15) is 111 Å². The number of aliphatic hydroxyl groups is 1. The number of halogens is 1. The number of fused-ring (bicyclic) bond motifs is 5. The van der Waals surface area contributed by atoms with Crippen LogP contribution in [0.3, 0.4) is 0 Å². The first-order valence-corrected chi connectivity index (χ1v) is 44.8. The second-order valence-corrected chi connectivity index (χ2v) is 34.9. The van der Waals surface area contributed by atoms with Gasteiger partial charge in [-0.3, -0.25) is 101 Å². The summed E-state index contributed by atoms with van der Waals surface area (Å²) >= 11 is 0. The first kappa shape index (κ1) is 111. The minimum absolute atomic E-state index is 0.0190. The fraction of sp³-hybridized carbons (Fsp3) is 0.527. The Bertz CT molecular complexity index is 5580. The summed E-state index contributed by atoms with van der Waals surface area (Å²) in [6.07, 6.45) is -1.31. The Morgan fingerprint density at radius 3 is 1.58 bits per heavy atom. The molecule has 3 aliphatic heterocycles. The summed E-state index contributed by atoms with van der Waals surface area (Å²) in [5.74, 6) is -15.7. The third-order valence-electron chi connectivity index (χ3n) is 23.9. The summed E-state index contributed by atoms with van der Waals surface area (Å²) in [6, 6.07) is 3.87. The monoisotopic (exact) mass is 1960 g/mol. The average molecular weight is 1960 g/mol. The van der Waals surface area contributed by atoms with Gasteiger partial charge in [-0.15, -0.1) is 0 Å². The van der Waals surface area contributed by atoms with E-state index in [0.717, 1.165) is 66.1 Å². The Hall–Kier alpha value is -14.8. The number of amides is 19. The van der Waals surface area contributed by atoms with Crippen LogP contribution in [0.2, 0.25) is 0 Å². The van der Waals surface area contributed by atoms with Crippen molar-refractivity contribution in [2.24, 2.45) is 5.92 Å². The number of nitrogens with one attached hydrogen (secondary N) is 7. The van der Waals surface area contributed by atoms with Crippen LogP contribution in [0.15, 0.2) is 53.3 Å². The molecule has 9 N–H and O–H groups in total. The van der Waals surface area contributed by atoms with Crippen molar-refractivity contribution in [1.29, 1.82) is 0 Å². The molecule has 0 saturated carbocycles. The number of benzene rings is 2. The van der Waals surface area contributed by atoms with Crippen LogP contribution in [-0.2, 0) is 140 Å². The molecule has 4 aromatic rings. The molecule has 6 atom stereocenters. The lowest BCUT2D eigenvalue weighted by Crippen LogP contribution is -2.53. The topological polar surface area (TPSA) is 591 Å².